The van der Waals surface area contributed by atoms with Crippen LogP contribution in [0.1, 0.15) is 24.6 Å². The summed E-state index contributed by atoms with van der Waals surface area (Å²) in [5, 5.41) is 8.83. The number of thioether (sulfide) groups is 1. The van der Waals surface area contributed by atoms with E-state index in [4.69, 9.17) is 11.0 Å². The van der Waals surface area contributed by atoms with Gasteiger partial charge < -0.3 is 5.73 Å². The van der Waals surface area contributed by atoms with E-state index in [-0.39, 0.29) is 6.04 Å². The zero-order chi connectivity index (χ0) is 11.1. The molecular formula is C11H15N3S. The van der Waals surface area contributed by atoms with Crippen LogP contribution in [0.4, 0.5) is 0 Å². The Bertz CT molecular complexity index is 346. The Kier molecular flexibility index (Phi) is 5.16. The fourth-order valence-corrected chi connectivity index (χ4v) is 2.20. The van der Waals surface area contributed by atoms with E-state index in [0.717, 1.165) is 23.5 Å². The molecule has 0 aromatic carbocycles. The summed E-state index contributed by atoms with van der Waals surface area (Å²) in [4.78, 5) is 4.01. The summed E-state index contributed by atoms with van der Waals surface area (Å²) in [6, 6.07) is 6.14. The molecule has 2 N–H and O–H groups in total. The molecule has 1 unspecified atom stereocenters. The average molecular weight is 221 g/mol. The third kappa shape index (κ3) is 3.90. The summed E-state index contributed by atoms with van der Waals surface area (Å²) in [6.45, 7) is 2.08. The molecule has 4 heteroatoms. The molecule has 1 heterocycles. The van der Waals surface area contributed by atoms with Gasteiger partial charge in [0.2, 0.25) is 0 Å². The molecule has 0 saturated heterocycles. The van der Waals surface area contributed by atoms with Gasteiger partial charge in [-0.05, 0) is 18.1 Å². The van der Waals surface area contributed by atoms with Crippen molar-refractivity contribution in [1.82, 2.24) is 4.98 Å². The van der Waals surface area contributed by atoms with Crippen LogP contribution in [-0.4, -0.2) is 16.8 Å². The highest BCUT2D eigenvalue weighted by molar-refractivity contribution is 7.98. The predicted molar refractivity (Wildman–Crippen MR) is 63.4 cm³/mol. The Labute approximate surface area is 94.7 Å². The molecule has 0 radical (unpaired) electrons. The highest BCUT2D eigenvalue weighted by Crippen LogP contribution is 2.15. The summed E-state index contributed by atoms with van der Waals surface area (Å²) < 4.78 is 0. The Morgan fingerprint density at radius 3 is 3.13 bits per heavy atom. The van der Waals surface area contributed by atoms with E-state index >= 15 is 0 Å². The van der Waals surface area contributed by atoms with Crippen molar-refractivity contribution in [3.63, 3.8) is 0 Å². The maximum Gasteiger partial charge on any atom is 0.144 e. The molecule has 0 aliphatic heterocycles. The number of hydrogen-bond acceptors (Lipinski definition) is 4. The van der Waals surface area contributed by atoms with E-state index in [1.807, 2.05) is 12.1 Å². The molecule has 80 valence electrons. The summed E-state index contributed by atoms with van der Waals surface area (Å²) in [6.07, 6.45) is 2.63. The molecule has 3 nitrogen and oxygen atoms in total. The van der Waals surface area contributed by atoms with Gasteiger partial charge in [0, 0.05) is 23.7 Å². The van der Waals surface area contributed by atoms with Gasteiger partial charge in [-0.3, -0.25) is 0 Å². The van der Waals surface area contributed by atoms with Crippen LogP contribution in [-0.2, 0) is 5.75 Å². The zero-order valence-corrected chi connectivity index (χ0v) is 9.63. The van der Waals surface area contributed by atoms with Gasteiger partial charge in [-0.25, -0.2) is 4.98 Å². The molecule has 0 aliphatic rings. The molecule has 0 fully saturated rings. The standard InChI is InChI=1S/C11H15N3S/c1-2-10(13)8-15-7-9-4-3-5-14-11(9)6-12/h3-5,10H,2,7-8,13H2,1H3. The van der Waals surface area contributed by atoms with Crippen molar-refractivity contribution in [2.75, 3.05) is 5.75 Å². The van der Waals surface area contributed by atoms with Crippen molar-refractivity contribution in [2.45, 2.75) is 25.1 Å². The Morgan fingerprint density at radius 1 is 1.67 bits per heavy atom. The molecule has 1 rings (SSSR count). The van der Waals surface area contributed by atoms with Gasteiger partial charge in [-0.1, -0.05) is 13.0 Å². The summed E-state index contributed by atoms with van der Waals surface area (Å²) in [7, 11) is 0. The lowest BCUT2D eigenvalue weighted by molar-refractivity contribution is 0.725. The van der Waals surface area contributed by atoms with Crippen LogP contribution < -0.4 is 5.73 Å². The highest BCUT2D eigenvalue weighted by Gasteiger charge is 2.04. The van der Waals surface area contributed by atoms with Crippen LogP contribution in [0.2, 0.25) is 0 Å². The van der Waals surface area contributed by atoms with Crippen LogP contribution in [0, 0.1) is 11.3 Å². The van der Waals surface area contributed by atoms with E-state index in [9.17, 15) is 0 Å². The number of nitrogens with zero attached hydrogens (tertiary/aromatic N) is 2. The zero-order valence-electron chi connectivity index (χ0n) is 8.81. The lowest BCUT2D eigenvalue weighted by Crippen LogP contribution is -2.21. The van der Waals surface area contributed by atoms with Gasteiger partial charge in [0.15, 0.2) is 0 Å². The van der Waals surface area contributed by atoms with Crippen molar-refractivity contribution in [3.8, 4) is 6.07 Å². The van der Waals surface area contributed by atoms with Gasteiger partial charge in [-0.2, -0.15) is 17.0 Å². The summed E-state index contributed by atoms with van der Waals surface area (Å²) >= 11 is 1.75. The first-order valence-corrected chi connectivity index (χ1v) is 6.10. The molecule has 0 bridgehead atoms. The number of aromatic nitrogens is 1. The van der Waals surface area contributed by atoms with E-state index in [1.54, 1.807) is 18.0 Å². The first-order chi connectivity index (χ1) is 7.27. The van der Waals surface area contributed by atoms with Crippen LogP contribution in [0.3, 0.4) is 0 Å². The lowest BCUT2D eigenvalue weighted by atomic mass is 10.2. The molecule has 1 aromatic heterocycles. The van der Waals surface area contributed by atoms with Crippen molar-refractivity contribution < 1.29 is 0 Å². The second kappa shape index (κ2) is 6.44. The fraction of sp³-hybridized carbons (Fsp3) is 0.455. The first-order valence-electron chi connectivity index (χ1n) is 4.95. The van der Waals surface area contributed by atoms with E-state index < -0.39 is 0 Å². The Balaban J connectivity index is 2.47. The van der Waals surface area contributed by atoms with E-state index in [0.29, 0.717) is 5.69 Å². The third-order valence-corrected chi connectivity index (χ3v) is 3.29. The smallest absolute Gasteiger partial charge is 0.144 e. The topological polar surface area (TPSA) is 62.7 Å². The SMILES string of the molecule is CCC(N)CSCc1cccnc1C#N. The van der Waals surface area contributed by atoms with Gasteiger partial charge in [0.05, 0.1) is 0 Å². The number of nitrogens with two attached hydrogens (primary N) is 1. The summed E-state index contributed by atoms with van der Waals surface area (Å²) in [5.74, 6) is 1.74. The molecule has 0 saturated carbocycles. The molecule has 0 spiro atoms. The lowest BCUT2D eigenvalue weighted by Gasteiger charge is -2.08. The van der Waals surface area contributed by atoms with Crippen LogP contribution in [0.5, 0.6) is 0 Å². The van der Waals surface area contributed by atoms with Crippen LogP contribution >= 0.6 is 11.8 Å². The van der Waals surface area contributed by atoms with E-state index in [2.05, 4.69) is 18.0 Å². The number of nitriles is 1. The second-order valence-corrected chi connectivity index (χ2v) is 4.34. The number of rotatable bonds is 5. The van der Waals surface area contributed by atoms with Gasteiger partial charge >= 0.3 is 0 Å². The maximum atomic E-state index is 8.83. The maximum absolute atomic E-state index is 8.83. The van der Waals surface area contributed by atoms with Crippen molar-refractivity contribution in [3.05, 3.63) is 29.6 Å². The molecule has 1 aromatic rings. The Morgan fingerprint density at radius 2 is 2.47 bits per heavy atom. The Hall–Kier alpha value is -1.05. The number of hydrogen-bond donors (Lipinski definition) is 1. The van der Waals surface area contributed by atoms with E-state index in [1.165, 1.54) is 0 Å². The van der Waals surface area contributed by atoms with Gasteiger partial charge in [0.1, 0.15) is 11.8 Å². The first kappa shape index (κ1) is 12.0. The minimum atomic E-state index is 0.247. The van der Waals surface area contributed by atoms with Crippen molar-refractivity contribution in [1.29, 1.82) is 5.26 Å². The molecule has 15 heavy (non-hydrogen) atoms. The predicted octanol–water partition coefficient (Wildman–Crippen LogP) is 1.92. The average Bonchev–Trinajstić information content (AvgIpc) is 2.29. The largest absolute Gasteiger partial charge is 0.327 e. The molecule has 0 aliphatic carbocycles. The fourth-order valence-electron chi connectivity index (χ4n) is 1.09. The quantitative estimate of drug-likeness (QED) is 0.825. The minimum Gasteiger partial charge on any atom is -0.327 e. The third-order valence-electron chi connectivity index (χ3n) is 2.11. The molecule has 1 atom stereocenters. The normalized spacial score (nSPS) is 12.1. The molecular weight excluding hydrogens is 206 g/mol. The van der Waals surface area contributed by atoms with Crippen LogP contribution in [0.15, 0.2) is 18.3 Å². The number of pyridine rings is 1. The monoisotopic (exact) mass is 221 g/mol. The van der Waals surface area contributed by atoms with Crippen LogP contribution in [0.25, 0.3) is 0 Å². The minimum absolute atomic E-state index is 0.247. The second-order valence-electron chi connectivity index (χ2n) is 3.31. The summed E-state index contributed by atoms with van der Waals surface area (Å²) in [5.41, 5.74) is 7.32. The highest BCUT2D eigenvalue weighted by atomic mass is 32.2. The molecule has 0 amide bonds. The van der Waals surface area contributed by atoms with Crippen molar-refractivity contribution in [2.24, 2.45) is 5.73 Å². The van der Waals surface area contributed by atoms with Crippen molar-refractivity contribution >= 4 is 11.8 Å². The van der Waals surface area contributed by atoms with Gasteiger partial charge in [0.25, 0.3) is 0 Å². The van der Waals surface area contributed by atoms with Gasteiger partial charge in [-0.15, -0.1) is 0 Å².